The van der Waals surface area contributed by atoms with Crippen molar-refractivity contribution in [3.05, 3.63) is 115 Å². The van der Waals surface area contributed by atoms with E-state index in [9.17, 15) is 0 Å². The van der Waals surface area contributed by atoms with Crippen LogP contribution >= 0.6 is 22.7 Å². The van der Waals surface area contributed by atoms with E-state index in [1.54, 1.807) is 0 Å². The molecular weight excluding hydrogens is 563 g/mol. The molecule has 0 N–H and O–H groups in total. The van der Waals surface area contributed by atoms with Gasteiger partial charge in [0.25, 0.3) is 0 Å². The van der Waals surface area contributed by atoms with E-state index in [1.807, 2.05) is 34.8 Å². The highest BCUT2D eigenvalue weighted by molar-refractivity contribution is 7.26. The zero-order valence-corrected chi connectivity index (χ0v) is 24.3. The van der Waals surface area contributed by atoms with Gasteiger partial charge in [-0.1, -0.05) is 66.7 Å². The number of fused-ring (bicyclic) bond motifs is 14. The highest BCUT2D eigenvalue weighted by Gasteiger charge is 2.24. The van der Waals surface area contributed by atoms with E-state index in [2.05, 4.69) is 108 Å². The van der Waals surface area contributed by atoms with Crippen LogP contribution in [0.25, 0.3) is 101 Å². The van der Waals surface area contributed by atoms with Gasteiger partial charge in [0.2, 0.25) is 0 Å². The minimum atomic E-state index is 0.921. The van der Waals surface area contributed by atoms with E-state index in [0.29, 0.717) is 0 Å². The molecule has 0 aliphatic carbocycles. The lowest BCUT2D eigenvalue weighted by atomic mass is 9.99. The predicted octanol–water partition coefficient (Wildman–Crippen LogP) is 11.2. The monoisotopic (exact) mass is 581 g/mol. The molecule has 0 aliphatic heterocycles. The predicted molar refractivity (Wildman–Crippen MR) is 185 cm³/mol. The van der Waals surface area contributed by atoms with Crippen molar-refractivity contribution in [2.75, 3.05) is 0 Å². The summed E-state index contributed by atoms with van der Waals surface area (Å²) in [5, 5.41) is 9.04. The summed E-state index contributed by atoms with van der Waals surface area (Å²) in [5.74, 6) is 0. The largest absolute Gasteiger partial charge is 0.291 e. The van der Waals surface area contributed by atoms with Crippen LogP contribution in [0, 0.1) is 0 Å². The summed E-state index contributed by atoms with van der Waals surface area (Å²) in [6.07, 6.45) is 0. The number of aromatic nitrogens is 3. The van der Waals surface area contributed by atoms with Crippen LogP contribution in [0.15, 0.2) is 115 Å². The number of benzene rings is 6. The molecular formula is C38H19N3S2. The normalized spacial score (nSPS) is 12.7. The van der Waals surface area contributed by atoms with Gasteiger partial charge in [-0.05, 0) is 59.7 Å². The molecule has 0 aliphatic rings. The highest BCUT2D eigenvalue weighted by Crippen LogP contribution is 2.48. The standard InChI is InChI=1S/C38H19N3S2/c1-5-11-30-22(7-1)23-15-13-21(18-32(23)42-30)20-14-16-29-25(17-20)35-34-24-8-2-6-12-31(24)43-33(34)19-26-36-38(41(29)37(26)35)40-28-10-4-3-9-27(28)39-36/h1-19H. The molecule has 5 heteroatoms. The molecule has 0 spiro atoms. The fourth-order valence-corrected chi connectivity index (χ4v) is 9.54. The summed E-state index contributed by atoms with van der Waals surface area (Å²) in [4.78, 5) is 10.4. The van der Waals surface area contributed by atoms with Crippen LogP contribution in [0.5, 0.6) is 0 Å². The van der Waals surface area contributed by atoms with E-state index < -0.39 is 0 Å². The lowest BCUT2D eigenvalue weighted by Crippen LogP contribution is -1.89. The zero-order valence-electron chi connectivity index (χ0n) is 22.6. The minimum Gasteiger partial charge on any atom is -0.291 e. The van der Waals surface area contributed by atoms with Crippen LogP contribution in [0.2, 0.25) is 0 Å². The Labute approximate surface area is 252 Å². The number of thiophene rings is 2. The molecule has 11 rings (SSSR count). The zero-order chi connectivity index (χ0) is 27.8. The first-order chi connectivity index (χ1) is 21.3. The van der Waals surface area contributed by atoms with Crippen LogP contribution in [0.4, 0.5) is 0 Å². The van der Waals surface area contributed by atoms with Gasteiger partial charge in [0.1, 0.15) is 5.52 Å². The van der Waals surface area contributed by atoms with Crippen molar-refractivity contribution in [1.29, 1.82) is 0 Å². The molecule has 0 radical (unpaired) electrons. The van der Waals surface area contributed by atoms with E-state index >= 15 is 0 Å². The lowest BCUT2D eigenvalue weighted by Gasteiger charge is -2.05. The van der Waals surface area contributed by atoms with Gasteiger partial charge < -0.3 is 0 Å². The molecule has 0 unspecified atom stereocenters. The van der Waals surface area contributed by atoms with Gasteiger partial charge in [-0.15, -0.1) is 22.7 Å². The minimum absolute atomic E-state index is 0.921. The molecule has 0 amide bonds. The number of hydrogen-bond acceptors (Lipinski definition) is 4. The van der Waals surface area contributed by atoms with Crippen LogP contribution in [-0.2, 0) is 0 Å². The van der Waals surface area contributed by atoms with E-state index in [1.165, 1.54) is 78.7 Å². The van der Waals surface area contributed by atoms with Gasteiger partial charge >= 0.3 is 0 Å². The van der Waals surface area contributed by atoms with Gasteiger partial charge in [-0.3, -0.25) is 4.40 Å². The van der Waals surface area contributed by atoms with Crippen LogP contribution in [0.1, 0.15) is 0 Å². The average molecular weight is 582 g/mol. The van der Waals surface area contributed by atoms with Crippen molar-refractivity contribution >= 4 is 112 Å². The second kappa shape index (κ2) is 7.84. The van der Waals surface area contributed by atoms with Gasteiger partial charge in [-0.2, -0.15) is 0 Å². The number of hydrogen-bond donors (Lipinski definition) is 0. The summed E-state index contributed by atoms with van der Waals surface area (Å²) in [5.41, 5.74) is 8.61. The quantitative estimate of drug-likeness (QED) is 0.193. The molecule has 0 atom stereocenters. The summed E-state index contributed by atoms with van der Waals surface area (Å²) in [6, 6.07) is 41.9. The molecule has 11 aromatic rings. The summed E-state index contributed by atoms with van der Waals surface area (Å²) >= 11 is 3.74. The smallest absolute Gasteiger partial charge is 0.165 e. The fraction of sp³-hybridized carbons (Fsp3) is 0. The molecule has 6 aromatic carbocycles. The summed E-state index contributed by atoms with van der Waals surface area (Å²) < 4.78 is 7.63. The number of nitrogens with zero attached hydrogens (tertiary/aromatic N) is 3. The van der Waals surface area contributed by atoms with Gasteiger partial charge in [-0.25, -0.2) is 9.97 Å². The Kier molecular flexibility index (Phi) is 4.10. The van der Waals surface area contributed by atoms with Crippen LogP contribution in [-0.4, -0.2) is 14.4 Å². The summed E-state index contributed by atoms with van der Waals surface area (Å²) in [6.45, 7) is 0. The van der Waals surface area contributed by atoms with Crippen molar-refractivity contribution in [1.82, 2.24) is 14.4 Å². The second-order valence-electron chi connectivity index (χ2n) is 11.4. The lowest BCUT2D eigenvalue weighted by molar-refractivity contribution is 1.28. The average Bonchev–Trinajstić information content (AvgIpc) is 3.78. The third-order valence-corrected chi connectivity index (χ3v) is 11.4. The first-order valence-electron chi connectivity index (χ1n) is 14.4. The first kappa shape index (κ1) is 22.5. The number of rotatable bonds is 1. The van der Waals surface area contributed by atoms with Gasteiger partial charge in [0, 0.05) is 56.5 Å². The molecule has 0 fully saturated rings. The maximum Gasteiger partial charge on any atom is 0.165 e. The Morgan fingerprint density at radius 1 is 0.465 bits per heavy atom. The SMILES string of the molecule is c1ccc2nc3c(nc2c1)c1cc2sc4ccccc4c2c2c4cc(-c5ccc6c(c5)sc5ccccc56)ccc4n3c12. The van der Waals surface area contributed by atoms with Crippen molar-refractivity contribution < 1.29 is 0 Å². The Hall–Kier alpha value is -5.10. The Balaban J connectivity index is 1.30. The first-order valence-corrected chi connectivity index (χ1v) is 16.1. The third kappa shape index (κ3) is 2.84. The number of para-hydroxylation sites is 2. The Bertz CT molecular complexity index is 2960. The molecule has 0 bridgehead atoms. The van der Waals surface area contributed by atoms with E-state index in [4.69, 9.17) is 9.97 Å². The van der Waals surface area contributed by atoms with Crippen LogP contribution in [0.3, 0.4) is 0 Å². The molecule has 198 valence electrons. The topological polar surface area (TPSA) is 30.2 Å². The molecule has 5 aromatic heterocycles. The van der Waals surface area contributed by atoms with E-state index in [0.717, 1.165) is 22.2 Å². The molecule has 5 heterocycles. The van der Waals surface area contributed by atoms with E-state index in [-0.39, 0.29) is 0 Å². The Morgan fingerprint density at radius 3 is 2.02 bits per heavy atom. The second-order valence-corrected chi connectivity index (χ2v) is 13.5. The third-order valence-electron chi connectivity index (χ3n) is 9.10. The maximum atomic E-state index is 5.20. The van der Waals surface area contributed by atoms with Crippen molar-refractivity contribution in [2.24, 2.45) is 0 Å². The fourth-order valence-electron chi connectivity index (χ4n) is 7.24. The molecule has 3 nitrogen and oxygen atoms in total. The van der Waals surface area contributed by atoms with Crippen LogP contribution < -0.4 is 0 Å². The van der Waals surface area contributed by atoms with Crippen molar-refractivity contribution in [3.8, 4) is 11.1 Å². The van der Waals surface area contributed by atoms with Gasteiger partial charge in [0.05, 0.1) is 22.1 Å². The van der Waals surface area contributed by atoms with Crippen molar-refractivity contribution in [2.45, 2.75) is 0 Å². The molecule has 0 saturated heterocycles. The molecule has 0 saturated carbocycles. The van der Waals surface area contributed by atoms with Crippen molar-refractivity contribution in [3.63, 3.8) is 0 Å². The highest BCUT2D eigenvalue weighted by atomic mass is 32.1. The maximum absolute atomic E-state index is 5.20. The summed E-state index contributed by atoms with van der Waals surface area (Å²) in [7, 11) is 0. The molecule has 43 heavy (non-hydrogen) atoms. The van der Waals surface area contributed by atoms with Gasteiger partial charge in [0.15, 0.2) is 5.65 Å². The Morgan fingerprint density at radius 2 is 1.14 bits per heavy atom.